The van der Waals surface area contributed by atoms with E-state index in [0.717, 1.165) is 12.2 Å². The number of hydrazine groups is 1. The monoisotopic (exact) mass is 298 g/mol. The van der Waals surface area contributed by atoms with Crippen LogP contribution in [-0.2, 0) is 6.54 Å². The molecule has 4 aromatic carbocycles. The molecule has 4 aromatic rings. The van der Waals surface area contributed by atoms with Crippen LogP contribution in [0.25, 0.3) is 21.5 Å². The number of hydrogen-bond acceptors (Lipinski definition) is 2. The first-order valence-electron chi connectivity index (χ1n) is 7.85. The molecule has 2 nitrogen and oxygen atoms in total. The molecule has 0 atom stereocenters. The third-order valence-corrected chi connectivity index (χ3v) is 4.15. The third-order valence-electron chi connectivity index (χ3n) is 4.15. The van der Waals surface area contributed by atoms with E-state index in [1.165, 1.54) is 27.1 Å². The molecule has 0 radical (unpaired) electrons. The number of benzene rings is 4. The SMILES string of the molecule is c1ccc(NNCc2c3ccccc3cc3ccccc23)cc1. The number of anilines is 1. The molecule has 0 saturated heterocycles. The maximum Gasteiger partial charge on any atom is 0.0487 e. The molecule has 0 amide bonds. The lowest BCUT2D eigenvalue weighted by atomic mass is 9.97. The van der Waals surface area contributed by atoms with Gasteiger partial charge in [-0.2, -0.15) is 0 Å². The Morgan fingerprint density at radius 1 is 0.609 bits per heavy atom. The summed E-state index contributed by atoms with van der Waals surface area (Å²) in [6.07, 6.45) is 0. The molecule has 0 unspecified atom stereocenters. The standard InChI is InChI=1S/C21H18N2/c1-2-10-18(11-3-1)23-22-15-21-19-12-6-4-8-16(19)14-17-9-5-7-13-20(17)21/h1-14,22-23H,15H2. The molecule has 0 aromatic heterocycles. The molecule has 0 saturated carbocycles. The van der Waals surface area contributed by atoms with Gasteiger partial charge in [0, 0.05) is 12.2 Å². The Morgan fingerprint density at radius 2 is 1.17 bits per heavy atom. The Morgan fingerprint density at radius 3 is 1.83 bits per heavy atom. The fourth-order valence-electron chi connectivity index (χ4n) is 3.05. The smallest absolute Gasteiger partial charge is 0.0487 e. The van der Waals surface area contributed by atoms with E-state index in [2.05, 4.69) is 65.4 Å². The molecule has 0 heterocycles. The summed E-state index contributed by atoms with van der Waals surface area (Å²) in [5.41, 5.74) is 9.01. The summed E-state index contributed by atoms with van der Waals surface area (Å²) in [5, 5.41) is 5.16. The predicted octanol–water partition coefficient (Wildman–Crippen LogP) is 5.11. The molecule has 2 heteroatoms. The lowest BCUT2D eigenvalue weighted by molar-refractivity contribution is 0.811. The average Bonchev–Trinajstić information content (AvgIpc) is 2.62. The number of rotatable bonds is 4. The fraction of sp³-hybridized carbons (Fsp3) is 0.0476. The second kappa shape index (κ2) is 6.11. The normalized spacial score (nSPS) is 11.0. The Bertz CT molecular complexity index is 891. The van der Waals surface area contributed by atoms with Gasteiger partial charge in [0.15, 0.2) is 0 Å². The van der Waals surface area contributed by atoms with Crippen LogP contribution in [0.1, 0.15) is 5.56 Å². The zero-order valence-corrected chi connectivity index (χ0v) is 12.8. The van der Waals surface area contributed by atoms with E-state index in [4.69, 9.17) is 0 Å². The van der Waals surface area contributed by atoms with Crippen LogP contribution in [0.3, 0.4) is 0 Å². The third kappa shape index (κ3) is 2.77. The van der Waals surface area contributed by atoms with Gasteiger partial charge in [0.25, 0.3) is 0 Å². The zero-order valence-electron chi connectivity index (χ0n) is 12.8. The largest absolute Gasteiger partial charge is 0.321 e. The summed E-state index contributed by atoms with van der Waals surface area (Å²) in [6.45, 7) is 0.761. The van der Waals surface area contributed by atoms with Gasteiger partial charge >= 0.3 is 0 Å². The van der Waals surface area contributed by atoms with E-state index in [-0.39, 0.29) is 0 Å². The van der Waals surface area contributed by atoms with Crippen molar-refractivity contribution >= 4 is 27.2 Å². The van der Waals surface area contributed by atoms with Crippen molar-refractivity contribution in [2.75, 3.05) is 5.43 Å². The minimum Gasteiger partial charge on any atom is -0.321 e. The summed E-state index contributed by atoms with van der Waals surface area (Å²) in [4.78, 5) is 0. The maximum atomic E-state index is 3.35. The van der Waals surface area contributed by atoms with Crippen molar-refractivity contribution in [2.24, 2.45) is 0 Å². The molecule has 0 spiro atoms. The van der Waals surface area contributed by atoms with E-state index in [1.54, 1.807) is 0 Å². The average molecular weight is 298 g/mol. The van der Waals surface area contributed by atoms with Crippen molar-refractivity contribution in [3.63, 3.8) is 0 Å². The Hall–Kier alpha value is -2.84. The molecule has 0 fully saturated rings. The van der Waals surface area contributed by atoms with Crippen LogP contribution in [0.5, 0.6) is 0 Å². The number of hydrogen-bond donors (Lipinski definition) is 2. The predicted molar refractivity (Wildman–Crippen MR) is 98.4 cm³/mol. The van der Waals surface area contributed by atoms with Gasteiger partial charge in [0.1, 0.15) is 0 Å². The molecule has 112 valence electrons. The van der Waals surface area contributed by atoms with Crippen LogP contribution in [0.2, 0.25) is 0 Å². The Labute approximate surface area is 135 Å². The molecular formula is C21H18N2. The fourth-order valence-corrected chi connectivity index (χ4v) is 3.05. The van der Waals surface area contributed by atoms with Gasteiger partial charge in [-0.05, 0) is 45.3 Å². The second-order valence-corrected chi connectivity index (χ2v) is 5.64. The lowest BCUT2D eigenvalue weighted by Crippen LogP contribution is -2.21. The van der Waals surface area contributed by atoms with Gasteiger partial charge in [-0.1, -0.05) is 66.7 Å². The van der Waals surface area contributed by atoms with Gasteiger partial charge in [-0.25, -0.2) is 5.43 Å². The molecule has 0 bridgehead atoms. The van der Waals surface area contributed by atoms with Crippen molar-refractivity contribution < 1.29 is 0 Å². The first-order chi connectivity index (χ1) is 11.4. The van der Waals surface area contributed by atoms with Gasteiger partial charge < -0.3 is 5.43 Å². The molecule has 0 aliphatic rings. The van der Waals surface area contributed by atoms with Gasteiger partial charge in [-0.3, -0.25) is 0 Å². The van der Waals surface area contributed by atoms with Crippen molar-refractivity contribution in [1.29, 1.82) is 0 Å². The molecule has 2 N–H and O–H groups in total. The minimum atomic E-state index is 0.761. The van der Waals surface area contributed by atoms with Crippen molar-refractivity contribution in [3.05, 3.63) is 90.5 Å². The van der Waals surface area contributed by atoms with Crippen LogP contribution in [0.4, 0.5) is 5.69 Å². The summed E-state index contributed by atoms with van der Waals surface area (Å²) >= 11 is 0. The highest BCUT2D eigenvalue weighted by Gasteiger charge is 2.06. The van der Waals surface area contributed by atoms with E-state index < -0.39 is 0 Å². The minimum absolute atomic E-state index is 0.761. The molecular weight excluding hydrogens is 280 g/mol. The van der Waals surface area contributed by atoms with Crippen molar-refractivity contribution in [2.45, 2.75) is 6.54 Å². The first-order valence-corrected chi connectivity index (χ1v) is 7.85. The van der Waals surface area contributed by atoms with E-state index in [9.17, 15) is 0 Å². The van der Waals surface area contributed by atoms with Gasteiger partial charge in [-0.15, -0.1) is 0 Å². The molecule has 0 aliphatic carbocycles. The summed E-state index contributed by atoms with van der Waals surface area (Å²) < 4.78 is 0. The van der Waals surface area contributed by atoms with Crippen molar-refractivity contribution in [3.8, 4) is 0 Å². The highest BCUT2D eigenvalue weighted by atomic mass is 15.3. The summed E-state index contributed by atoms with van der Waals surface area (Å²) in [7, 11) is 0. The maximum absolute atomic E-state index is 3.35. The second-order valence-electron chi connectivity index (χ2n) is 5.64. The van der Waals surface area contributed by atoms with Gasteiger partial charge in [0.2, 0.25) is 0 Å². The molecule has 23 heavy (non-hydrogen) atoms. The lowest BCUT2D eigenvalue weighted by Gasteiger charge is -2.13. The highest BCUT2D eigenvalue weighted by molar-refractivity contribution is 6.02. The van der Waals surface area contributed by atoms with Crippen molar-refractivity contribution in [1.82, 2.24) is 5.43 Å². The Balaban J connectivity index is 1.71. The molecule has 0 aliphatic heterocycles. The van der Waals surface area contributed by atoms with E-state index in [1.807, 2.05) is 30.3 Å². The molecule has 4 rings (SSSR count). The van der Waals surface area contributed by atoms with E-state index >= 15 is 0 Å². The number of fused-ring (bicyclic) bond motifs is 2. The van der Waals surface area contributed by atoms with Crippen LogP contribution in [-0.4, -0.2) is 0 Å². The highest BCUT2D eigenvalue weighted by Crippen LogP contribution is 2.28. The number of para-hydroxylation sites is 1. The number of nitrogens with one attached hydrogen (secondary N) is 2. The zero-order chi connectivity index (χ0) is 15.5. The van der Waals surface area contributed by atoms with Crippen LogP contribution < -0.4 is 10.9 Å². The van der Waals surface area contributed by atoms with Gasteiger partial charge in [0.05, 0.1) is 0 Å². The Kier molecular flexibility index (Phi) is 3.66. The summed E-state index contributed by atoms with van der Waals surface area (Å²) in [6, 6.07) is 29.6. The first kappa shape index (κ1) is 13.8. The van der Waals surface area contributed by atoms with Crippen LogP contribution in [0.15, 0.2) is 84.9 Å². The van der Waals surface area contributed by atoms with Crippen LogP contribution in [0, 0.1) is 0 Å². The van der Waals surface area contributed by atoms with E-state index in [0.29, 0.717) is 0 Å². The summed E-state index contributed by atoms with van der Waals surface area (Å²) in [5.74, 6) is 0. The topological polar surface area (TPSA) is 24.1 Å². The quantitative estimate of drug-likeness (QED) is 0.404. The van der Waals surface area contributed by atoms with Crippen LogP contribution >= 0.6 is 0 Å².